The lowest BCUT2D eigenvalue weighted by molar-refractivity contribution is -0.196. The summed E-state index contributed by atoms with van der Waals surface area (Å²) in [6.07, 6.45) is 3.71. The number of ether oxygens (including phenoxy) is 1. The maximum atomic E-state index is 10.5. The van der Waals surface area contributed by atoms with Crippen LogP contribution in [-0.4, -0.2) is 22.4 Å². The average Bonchev–Trinajstić information content (AvgIpc) is 2.70. The molecule has 1 N–H and O–H groups in total. The molecule has 1 spiro atoms. The van der Waals surface area contributed by atoms with E-state index in [-0.39, 0.29) is 28.1 Å². The Morgan fingerprint density at radius 1 is 1.18 bits per heavy atom. The average molecular weight is 236 g/mol. The van der Waals surface area contributed by atoms with E-state index < -0.39 is 0 Å². The van der Waals surface area contributed by atoms with Crippen LogP contribution in [0.25, 0.3) is 0 Å². The summed E-state index contributed by atoms with van der Waals surface area (Å²) in [4.78, 5) is 0. The molecule has 0 radical (unpaired) electrons. The summed E-state index contributed by atoms with van der Waals surface area (Å²) in [5, 5.41) is 10.5. The third-order valence-electron chi connectivity index (χ3n) is 6.26. The first-order chi connectivity index (χ1) is 7.70. The van der Waals surface area contributed by atoms with E-state index in [4.69, 9.17) is 4.74 Å². The number of aliphatic hydroxyl groups excluding tert-OH is 1. The van der Waals surface area contributed by atoms with Gasteiger partial charge in [-0.15, -0.1) is 0 Å². The summed E-state index contributed by atoms with van der Waals surface area (Å²) in [5.41, 5.74) is 0.567. The van der Waals surface area contributed by atoms with Crippen LogP contribution in [0.5, 0.6) is 0 Å². The smallest absolute Gasteiger partial charge is 0.0877 e. The summed E-state index contributed by atoms with van der Waals surface area (Å²) in [6, 6.07) is 0. The molecule has 0 amide bonds. The first-order valence-corrected chi connectivity index (χ1v) is 6.78. The Kier molecular flexibility index (Phi) is 1.93. The Hall–Kier alpha value is -0.340. The molecule has 3 fully saturated rings. The summed E-state index contributed by atoms with van der Waals surface area (Å²) in [7, 11) is 0. The molecule has 0 unspecified atom stereocenters. The van der Waals surface area contributed by atoms with Gasteiger partial charge in [0, 0.05) is 5.41 Å². The predicted octanol–water partition coefficient (Wildman–Crippen LogP) is 3.05. The van der Waals surface area contributed by atoms with Crippen LogP contribution in [-0.2, 0) is 4.74 Å². The lowest BCUT2D eigenvalue weighted by Gasteiger charge is -2.58. The van der Waals surface area contributed by atoms with Crippen molar-refractivity contribution < 1.29 is 9.84 Å². The van der Waals surface area contributed by atoms with Gasteiger partial charge >= 0.3 is 0 Å². The summed E-state index contributed by atoms with van der Waals surface area (Å²) in [6.45, 7) is 13.2. The molecule has 96 valence electrons. The van der Waals surface area contributed by atoms with Crippen LogP contribution in [0.4, 0.5) is 0 Å². The highest BCUT2D eigenvalue weighted by Crippen LogP contribution is 2.72. The highest BCUT2D eigenvalue weighted by Gasteiger charge is 2.75. The van der Waals surface area contributed by atoms with E-state index in [0.29, 0.717) is 0 Å². The molecule has 1 saturated carbocycles. The lowest BCUT2D eigenvalue weighted by Crippen LogP contribution is -2.62. The summed E-state index contributed by atoms with van der Waals surface area (Å²) < 4.78 is 6.49. The molecule has 0 aromatic carbocycles. The normalized spacial score (nSPS) is 56.1. The Morgan fingerprint density at radius 3 is 2.41 bits per heavy atom. The van der Waals surface area contributed by atoms with Crippen molar-refractivity contribution in [2.24, 2.45) is 10.8 Å². The van der Waals surface area contributed by atoms with Gasteiger partial charge in [0.15, 0.2) is 0 Å². The fourth-order valence-corrected chi connectivity index (χ4v) is 4.91. The maximum Gasteiger partial charge on any atom is 0.0877 e. The predicted molar refractivity (Wildman–Crippen MR) is 67.7 cm³/mol. The minimum absolute atomic E-state index is 0.123. The highest BCUT2D eigenvalue weighted by atomic mass is 16.5. The monoisotopic (exact) mass is 236 g/mol. The first-order valence-electron chi connectivity index (χ1n) is 6.78. The molecule has 2 nitrogen and oxygen atoms in total. The molecule has 2 bridgehead atoms. The quantitative estimate of drug-likeness (QED) is 0.655. The van der Waals surface area contributed by atoms with Crippen molar-refractivity contribution in [3.63, 3.8) is 0 Å². The molecule has 0 aromatic heterocycles. The molecule has 2 heteroatoms. The summed E-state index contributed by atoms with van der Waals surface area (Å²) >= 11 is 0. The zero-order chi connectivity index (χ0) is 12.7. The van der Waals surface area contributed by atoms with Gasteiger partial charge in [-0.1, -0.05) is 27.4 Å². The minimum Gasteiger partial charge on any atom is -0.392 e. The van der Waals surface area contributed by atoms with E-state index in [1.54, 1.807) is 0 Å². The second-order valence-electron chi connectivity index (χ2n) is 7.28. The molecule has 1 aliphatic carbocycles. The largest absolute Gasteiger partial charge is 0.392 e. The van der Waals surface area contributed by atoms with Gasteiger partial charge in [0.2, 0.25) is 0 Å². The number of fused-ring (bicyclic) bond motifs is 1. The van der Waals surface area contributed by atoms with Crippen LogP contribution in [0.2, 0.25) is 0 Å². The van der Waals surface area contributed by atoms with Crippen molar-refractivity contribution >= 4 is 0 Å². The van der Waals surface area contributed by atoms with E-state index in [0.717, 1.165) is 31.3 Å². The van der Waals surface area contributed by atoms with Gasteiger partial charge in [0.25, 0.3) is 0 Å². The Bertz CT molecular complexity index is 400. The lowest BCUT2D eigenvalue weighted by atomic mass is 9.47. The van der Waals surface area contributed by atoms with Crippen molar-refractivity contribution in [2.75, 3.05) is 0 Å². The SMILES string of the molecule is C=C1[C@@]2(C)CC[C@@]3(O2)C(C)(C)CC[C@H](O)[C@]13C. The summed E-state index contributed by atoms with van der Waals surface area (Å²) in [5.74, 6) is 0. The van der Waals surface area contributed by atoms with Gasteiger partial charge in [0.1, 0.15) is 0 Å². The van der Waals surface area contributed by atoms with Crippen LogP contribution in [0.3, 0.4) is 0 Å². The third kappa shape index (κ3) is 0.978. The maximum absolute atomic E-state index is 10.5. The topological polar surface area (TPSA) is 29.5 Å². The van der Waals surface area contributed by atoms with Crippen LogP contribution < -0.4 is 0 Å². The van der Waals surface area contributed by atoms with Crippen LogP contribution >= 0.6 is 0 Å². The van der Waals surface area contributed by atoms with Gasteiger partial charge in [0.05, 0.1) is 17.3 Å². The van der Waals surface area contributed by atoms with Gasteiger partial charge in [-0.05, 0) is 43.6 Å². The first kappa shape index (κ1) is 11.7. The zero-order valence-corrected chi connectivity index (χ0v) is 11.5. The van der Waals surface area contributed by atoms with Crippen LogP contribution in [0, 0.1) is 10.8 Å². The second kappa shape index (κ2) is 2.80. The van der Waals surface area contributed by atoms with Gasteiger partial charge in [-0.3, -0.25) is 0 Å². The number of hydrogen-bond donors (Lipinski definition) is 1. The van der Waals surface area contributed by atoms with Gasteiger partial charge in [-0.25, -0.2) is 0 Å². The molecule has 3 rings (SSSR count). The molecule has 17 heavy (non-hydrogen) atoms. The molecular weight excluding hydrogens is 212 g/mol. The zero-order valence-electron chi connectivity index (χ0n) is 11.5. The standard InChI is InChI=1S/C15H24O2/c1-10-13(4)8-9-15(17-13)12(2,3)7-6-11(16)14(10,15)5/h11,16H,1,6-9H2,2-5H3/t11-,13+,14-,15+/m0/s1. The molecule has 4 atom stereocenters. The molecular formula is C15H24O2. The van der Waals surface area contributed by atoms with E-state index in [1.807, 2.05) is 0 Å². The van der Waals surface area contributed by atoms with Crippen molar-refractivity contribution in [3.05, 3.63) is 12.2 Å². The fourth-order valence-electron chi connectivity index (χ4n) is 4.91. The number of hydrogen-bond acceptors (Lipinski definition) is 2. The highest BCUT2D eigenvalue weighted by molar-refractivity contribution is 5.40. The van der Waals surface area contributed by atoms with E-state index in [1.165, 1.54) is 0 Å². The van der Waals surface area contributed by atoms with E-state index >= 15 is 0 Å². The second-order valence-corrected chi connectivity index (χ2v) is 7.28. The number of rotatable bonds is 0. The van der Waals surface area contributed by atoms with Gasteiger partial charge in [-0.2, -0.15) is 0 Å². The number of aliphatic hydroxyl groups is 1. The third-order valence-corrected chi connectivity index (χ3v) is 6.26. The van der Waals surface area contributed by atoms with Crippen molar-refractivity contribution in [3.8, 4) is 0 Å². The minimum atomic E-state index is -0.301. The molecule has 3 aliphatic rings. The van der Waals surface area contributed by atoms with Crippen molar-refractivity contribution in [1.29, 1.82) is 0 Å². The Morgan fingerprint density at radius 2 is 1.82 bits per heavy atom. The molecule has 0 aromatic rings. The van der Waals surface area contributed by atoms with Crippen molar-refractivity contribution in [1.82, 2.24) is 0 Å². The Labute approximate surface area is 104 Å². The molecule has 2 saturated heterocycles. The van der Waals surface area contributed by atoms with Crippen LogP contribution in [0.1, 0.15) is 53.4 Å². The van der Waals surface area contributed by atoms with E-state index in [9.17, 15) is 5.11 Å². The fraction of sp³-hybridized carbons (Fsp3) is 0.867. The van der Waals surface area contributed by atoms with Crippen LogP contribution in [0.15, 0.2) is 12.2 Å². The molecule has 2 aliphatic heterocycles. The van der Waals surface area contributed by atoms with E-state index in [2.05, 4.69) is 34.3 Å². The van der Waals surface area contributed by atoms with Crippen molar-refractivity contribution in [2.45, 2.75) is 70.7 Å². The molecule has 2 heterocycles. The van der Waals surface area contributed by atoms with Gasteiger partial charge < -0.3 is 9.84 Å². The Balaban J connectivity index is 2.22.